The molecule has 0 unspecified atom stereocenters. The van der Waals surface area contributed by atoms with Crippen LogP contribution in [0.5, 0.6) is 0 Å². The Balaban J connectivity index is 2.76. The lowest BCUT2D eigenvalue weighted by Crippen LogP contribution is -2.03. The van der Waals surface area contributed by atoms with Gasteiger partial charge in [-0.2, -0.15) is 0 Å². The number of methoxy groups -OCH3 is 1. The Labute approximate surface area is 91.5 Å². The molecular formula is C9H12N2O3S. The second kappa shape index (κ2) is 4.88. The zero-order valence-corrected chi connectivity index (χ0v) is 9.31. The maximum absolute atomic E-state index is 11.2. The number of carbonyl (C=O) groups is 1. The Hall–Kier alpha value is -1.43. The number of esters is 1. The molecule has 0 aliphatic carbocycles. The fourth-order valence-electron chi connectivity index (χ4n) is 1.08. The van der Waals surface area contributed by atoms with Gasteiger partial charge in [-0.3, -0.25) is 5.41 Å². The van der Waals surface area contributed by atoms with Gasteiger partial charge in [-0.1, -0.05) is 11.8 Å². The molecule has 0 bridgehead atoms. The van der Waals surface area contributed by atoms with Crippen LogP contribution >= 0.6 is 11.8 Å². The Morgan fingerprint density at radius 1 is 1.73 bits per heavy atom. The molecule has 3 N–H and O–H groups in total. The smallest absolute Gasteiger partial charge is 0.341 e. The quantitative estimate of drug-likeness (QED) is 0.465. The summed E-state index contributed by atoms with van der Waals surface area (Å²) in [5.41, 5.74) is 5.60. The SMILES string of the molecule is COC(=O)c1cc(CSC(=N)N)oc1C. The molecule has 5 nitrogen and oxygen atoms in total. The predicted octanol–water partition coefficient (Wildman–Crippen LogP) is 1.50. The molecule has 15 heavy (non-hydrogen) atoms. The highest BCUT2D eigenvalue weighted by Crippen LogP contribution is 2.19. The van der Waals surface area contributed by atoms with E-state index in [9.17, 15) is 4.79 Å². The van der Waals surface area contributed by atoms with Crippen LogP contribution in [0.1, 0.15) is 21.9 Å². The molecule has 0 radical (unpaired) electrons. The second-order valence-corrected chi connectivity index (χ2v) is 3.84. The molecule has 0 aliphatic heterocycles. The Morgan fingerprint density at radius 2 is 2.40 bits per heavy atom. The number of rotatable bonds is 3. The number of furan rings is 1. The third-order valence-corrected chi connectivity index (χ3v) is 2.48. The van der Waals surface area contributed by atoms with Crippen molar-refractivity contribution < 1.29 is 13.9 Å². The van der Waals surface area contributed by atoms with Gasteiger partial charge in [0, 0.05) is 0 Å². The summed E-state index contributed by atoms with van der Waals surface area (Å²) >= 11 is 1.14. The van der Waals surface area contributed by atoms with Crippen molar-refractivity contribution in [2.75, 3.05) is 7.11 Å². The van der Waals surface area contributed by atoms with Gasteiger partial charge >= 0.3 is 5.97 Å². The van der Waals surface area contributed by atoms with Gasteiger partial charge in [-0.25, -0.2) is 4.79 Å². The van der Waals surface area contributed by atoms with Crippen LogP contribution < -0.4 is 5.73 Å². The highest BCUT2D eigenvalue weighted by Gasteiger charge is 2.15. The van der Waals surface area contributed by atoms with Crippen LogP contribution in [0.15, 0.2) is 10.5 Å². The van der Waals surface area contributed by atoms with Crippen LogP contribution in [0, 0.1) is 12.3 Å². The Bertz CT molecular complexity index is 387. The van der Waals surface area contributed by atoms with E-state index in [0.29, 0.717) is 22.8 Å². The molecule has 6 heteroatoms. The predicted molar refractivity (Wildman–Crippen MR) is 58.0 cm³/mol. The van der Waals surface area contributed by atoms with E-state index in [2.05, 4.69) is 4.74 Å². The molecule has 0 aromatic carbocycles. The van der Waals surface area contributed by atoms with Gasteiger partial charge in [-0.05, 0) is 13.0 Å². The van der Waals surface area contributed by atoms with E-state index >= 15 is 0 Å². The molecule has 1 heterocycles. The molecule has 0 fully saturated rings. The minimum absolute atomic E-state index is 0.0173. The second-order valence-electron chi connectivity index (χ2n) is 2.83. The van der Waals surface area contributed by atoms with Gasteiger partial charge in [0.15, 0.2) is 5.17 Å². The van der Waals surface area contributed by atoms with Crippen molar-refractivity contribution in [1.82, 2.24) is 0 Å². The highest BCUT2D eigenvalue weighted by atomic mass is 32.2. The molecule has 0 saturated heterocycles. The van der Waals surface area contributed by atoms with E-state index in [-0.39, 0.29) is 5.17 Å². The van der Waals surface area contributed by atoms with Crippen LogP contribution in [0.4, 0.5) is 0 Å². The molecule has 82 valence electrons. The minimum Gasteiger partial charge on any atom is -0.465 e. The lowest BCUT2D eigenvalue weighted by atomic mass is 10.2. The molecule has 1 aromatic rings. The van der Waals surface area contributed by atoms with Gasteiger partial charge < -0.3 is 14.9 Å². The first-order chi connectivity index (χ1) is 7.04. The Kier molecular flexibility index (Phi) is 3.79. The summed E-state index contributed by atoms with van der Waals surface area (Å²) in [5.74, 6) is 1.14. The molecule has 0 amide bonds. The normalized spacial score (nSPS) is 10.0. The highest BCUT2D eigenvalue weighted by molar-refractivity contribution is 8.13. The van der Waals surface area contributed by atoms with Crippen LogP contribution in [0.25, 0.3) is 0 Å². The Morgan fingerprint density at radius 3 is 2.93 bits per heavy atom. The molecule has 1 aromatic heterocycles. The molecule has 1 rings (SSSR count). The van der Waals surface area contributed by atoms with Crippen LogP contribution in [0.2, 0.25) is 0 Å². The third kappa shape index (κ3) is 3.02. The summed E-state index contributed by atoms with van der Waals surface area (Å²) in [4.78, 5) is 11.2. The average molecular weight is 228 g/mol. The number of amidine groups is 1. The zero-order valence-electron chi connectivity index (χ0n) is 8.49. The van der Waals surface area contributed by atoms with Crippen molar-refractivity contribution in [1.29, 1.82) is 5.41 Å². The number of carbonyl (C=O) groups excluding carboxylic acids is 1. The van der Waals surface area contributed by atoms with Crippen molar-refractivity contribution in [2.45, 2.75) is 12.7 Å². The van der Waals surface area contributed by atoms with E-state index < -0.39 is 5.97 Å². The van der Waals surface area contributed by atoms with Crippen LogP contribution in [0.3, 0.4) is 0 Å². The number of nitrogens with two attached hydrogens (primary N) is 1. The van der Waals surface area contributed by atoms with Crippen molar-refractivity contribution in [3.05, 3.63) is 23.2 Å². The number of aryl methyl sites for hydroxylation is 1. The first-order valence-corrected chi connectivity index (χ1v) is 5.17. The monoisotopic (exact) mass is 228 g/mol. The van der Waals surface area contributed by atoms with Gasteiger partial charge in [-0.15, -0.1) is 0 Å². The summed E-state index contributed by atoms with van der Waals surface area (Å²) in [7, 11) is 1.32. The third-order valence-electron chi connectivity index (χ3n) is 1.74. The molecule has 0 spiro atoms. The lowest BCUT2D eigenvalue weighted by Gasteiger charge is -1.93. The maximum atomic E-state index is 11.2. The van der Waals surface area contributed by atoms with Crippen LogP contribution in [-0.2, 0) is 10.5 Å². The molecule has 0 saturated carbocycles. The first-order valence-electron chi connectivity index (χ1n) is 4.19. The van der Waals surface area contributed by atoms with Crippen LogP contribution in [-0.4, -0.2) is 18.2 Å². The topological polar surface area (TPSA) is 89.3 Å². The van der Waals surface area contributed by atoms with Crippen molar-refractivity contribution in [3.8, 4) is 0 Å². The average Bonchev–Trinajstić information content (AvgIpc) is 2.55. The maximum Gasteiger partial charge on any atom is 0.341 e. The summed E-state index contributed by atoms with van der Waals surface area (Å²) in [6.45, 7) is 1.69. The number of nitrogens with one attached hydrogen (secondary N) is 1. The van der Waals surface area contributed by atoms with E-state index in [1.807, 2.05) is 0 Å². The fourth-order valence-corrected chi connectivity index (χ4v) is 1.52. The summed E-state index contributed by atoms with van der Waals surface area (Å²) in [6.07, 6.45) is 0. The van der Waals surface area contributed by atoms with Crippen molar-refractivity contribution in [2.24, 2.45) is 5.73 Å². The number of hydrogen-bond acceptors (Lipinski definition) is 5. The van der Waals surface area contributed by atoms with Gasteiger partial charge in [0.25, 0.3) is 0 Å². The zero-order chi connectivity index (χ0) is 11.4. The standard InChI is InChI=1S/C9H12N2O3S/c1-5-7(8(12)13-2)3-6(14-5)4-15-9(10)11/h3H,4H2,1-2H3,(H3,10,11). The number of thioether (sulfide) groups is 1. The van der Waals surface area contributed by atoms with Crippen molar-refractivity contribution in [3.63, 3.8) is 0 Å². The molecule has 0 atom stereocenters. The number of ether oxygens (including phenoxy) is 1. The first kappa shape index (κ1) is 11.6. The minimum atomic E-state index is -0.421. The molecule has 0 aliphatic rings. The van der Waals surface area contributed by atoms with Gasteiger partial charge in [0.05, 0.1) is 12.9 Å². The van der Waals surface area contributed by atoms with Gasteiger partial charge in [0.1, 0.15) is 17.1 Å². The summed E-state index contributed by atoms with van der Waals surface area (Å²) in [6, 6.07) is 1.61. The van der Waals surface area contributed by atoms with E-state index in [1.54, 1.807) is 13.0 Å². The summed E-state index contributed by atoms with van der Waals surface area (Å²) < 4.78 is 9.90. The van der Waals surface area contributed by atoms with E-state index in [0.717, 1.165) is 11.8 Å². The lowest BCUT2D eigenvalue weighted by molar-refractivity contribution is 0.0599. The number of hydrogen-bond donors (Lipinski definition) is 2. The molecular weight excluding hydrogens is 216 g/mol. The van der Waals surface area contributed by atoms with E-state index in [1.165, 1.54) is 7.11 Å². The van der Waals surface area contributed by atoms with Crippen molar-refractivity contribution >= 4 is 22.9 Å². The fraction of sp³-hybridized carbons (Fsp3) is 0.333. The van der Waals surface area contributed by atoms with E-state index in [4.69, 9.17) is 15.6 Å². The summed E-state index contributed by atoms with van der Waals surface area (Å²) in [5, 5.41) is 7.05. The largest absolute Gasteiger partial charge is 0.465 e. The van der Waals surface area contributed by atoms with Gasteiger partial charge in [0.2, 0.25) is 0 Å².